The molecule has 1 aromatic rings. The zero-order valence-electron chi connectivity index (χ0n) is 10.7. The monoisotopic (exact) mass is 271 g/mol. The van der Waals surface area contributed by atoms with Crippen LogP contribution in [0.4, 0.5) is 10.1 Å². The van der Waals surface area contributed by atoms with E-state index in [2.05, 4.69) is 0 Å². The lowest BCUT2D eigenvalue weighted by Crippen LogP contribution is -2.33. The molecule has 0 aliphatic carbocycles. The maximum Gasteiger partial charge on any atom is 0.146 e. The largest absolute Gasteiger partial charge is 0.376 e. The molecule has 2 rings (SSSR count). The molecule has 0 saturated carbocycles. The molecule has 1 heterocycles. The van der Waals surface area contributed by atoms with E-state index in [1.165, 1.54) is 6.07 Å². The molecule has 0 spiro atoms. The molecule has 0 bridgehead atoms. The van der Waals surface area contributed by atoms with E-state index in [0.717, 1.165) is 38.1 Å². The van der Waals surface area contributed by atoms with Crippen molar-refractivity contribution >= 4 is 17.3 Å². The molecule has 0 N–H and O–H groups in total. The molecule has 0 amide bonds. The van der Waals surface area contributed by atoms with Gasteiger partial charge in [-0.05, 0) is 31.4 Å². The van der Waals surface area contributed by atoms with E-state index in [4.69, 9.17) is 16.3 Å². The zero-order valence-corrected chi connectivity index (χ0v) is 11.4. The Bertz CT molecular complexity index is 393. The maximum atomic E-state index is 14.0. The van der Waals surface area contributed by atoms with Gasteiger partial charge in [-0.25, -0.2) is 4.39 Å². The smallest absolute Gasteiger partial charge is 0.146 e. The van der Waals surface area contributed by atoms with Crippen LogP contribution in [0.25, 0.3) is 0 Å². The second-order valence-corrected chi connectivity index (χ2v) is 4.82. The van der Waals surface area contributed by atoms with Crippen molar-refractivity contribution in [2.75, 3.05) is 24.6 Å². The van der Waals surface area contributed by atoms with Crippen molar-refractivity contribution in [3.8, 4) is 0 Å². The number of alkyl halides is 1. The standard InChI is InChI=1S/C14H19ClFNO/c1-2-17(10-12-6-4-8-18-12)14-11(9-15)5-3-7-13(14)16/h3,5,7,12H,2,4,6,8-10H2,1H3. The van der Waals surface area contributed by atoms with Gasteiger partial charge in [0.05, 0.1) is 11.8 Å². The summed E-state index contributed by atoms with van der Waals surface area (Å²) in [6.07, 6.45) is 2.37. The number of likely N-dealkylation sites (N-methyl/N-ethyl adjacent to an activating group) is 1. The number of hydrogen-bond donors (Lipinski definition) is 0. The Kier molecular flexibility index (Phi) is 4.84. The first-order valence-corrected chi connectivity index (χ1v) is 6.99. The molecule has 0 radical (unpaired) electrons. The molecular formula is C14H19ClFNO. The van der Waals surface area contributed by atoms with E-state index in [9.17, 15) is 4.39 Å². The summed E-state index contributed by atoms with van der Waals surface area (Å²) < 4.78 is 19.6. The molecule has 1 aliphatic heterocycles. The fourth-order valence-corrected chi connectivity index (χ4v) is 2.65. The number of ether oxygens (including phenoxy) is 1. The van der Waals surface area contributed by atoms with Crippen LogP contribution < -0.4 is 4.90 Å². The summed E-state index contributed by atoms with van der Waals surface area (Å²) in [5.41, 5.74) is 1.47. The van der Waals surface area contributed by atoms with Crippen LogP contribution in [0.2, 0.25) is 0 Å². The molecule has 1 saturated heterocycles. The quantitative estimate of drug-likeness (QED) is 0.759. The van der Waals surface area contributed by atoms with Crippen LogP contribution >= 0.6 is 11.6 Å². The summed E-state index contributed by atoms with van der Waals surface area (Å²) in [6, 6.07) is 5.07. The number of rotatable bonds is 5. The van der Waals surface area contributed by atoms with E-state index in [1.807, 2.05) is 17.9 Å². The predicted octanol–water partition coefficient (Wildman–Crippen LogP) is 3.57. The van der Waals surface area contributed by atoms with Crippen LogP contribution in [0.3, 0.4) is 0 Å². The highest BCUT2D eigenvalue weighted by atomic mass is 35.5. The Morgan fingerprint density at radius 1 is 1.50 bits per heavy atom. The van der Waals surface area contributed by atoms with Crippen LogP contribution in [0.1, 0.15) is 25.3 Å². The summed E-state index contributed by atoms with van der Waals surface area (Å²) in [4.78, 5) is 2.03. The molecule has 1 fully saturated rings. The Morgan fingerprint density at radius 2 is 2.33 bits per heavy atom. The molecule has 1 aromatic carbocycles. The minimum atomic E-state index is -0.201. The van der Waals surface area contributed by atoms with Crippen molar-refractivity contribution in [2.24, 2.45) is 0 Å². The molecule has 1 unspecified atom stereocenters. The fraction of sp³-hybridized carbons (Fsp3) is 0.571. The number of benzene rings is 1. The van der Waals surface area contributed by atoms with Gasteiger partial charge in [-0.15, -0.1) is 11.6 Å². The van der Waals surface area contributed by atoms with E-state index in [0.29, 0.717) is 11.6 Å². The Balaban J connectivity index is 2.20. The van der Waals surface area contributed by atoms with Crippen molar-refractivity contribution in [3.05, 3.63) is 29.6 Å². The minimum Gasteiger partial charge on any atom is -0.376 e. The van der Waals surface area contributed by atoms with Crippen LogP contribution in [-0.2, 0) is 10.6 Å². The summed E-state index contributed by atoms with van der Waals surface area (Å²) in [7, 11) is 0. The third kappa shape index (κ3) is 2.96. The summed E-state index contributed by atoms with van der Waals surface area (Å²) in [6.45, 7) is 4.34. The van der Waals surface area contributed by atoms with Crippen molar-refractivity contribution in [1.29, 1.82) is 0 Å². The molecule has 100 valence electrons. The summed E-state index contributed by atoms with van der Waals surface area (Å²) in [5.74, 6) is 0.128. The lowest BCUT2D eigenvalue weighted by Gasteiger charge is -2.28. The van der Waals surface area contributed by atoms with Gasteiger partial charge in [0, 0.05) is 25.6 Å². The predicted molar refractivity (Wildman–Crippen MR) is 72.8 cm³/mol. The molecule has 1 aliphatic rings. The highest BCUT2D eigenvalue weighted by Gasteiger charge is 2.21. The second kappa shape index (κ2) is 6.39. The van der Waals surface area contributed by atoms with E-state index < -0.39 is 0 Å². The molecular weight excluding hydrogens is 253 g/mol. The first-order valence-electron chi connectivity index (χ1n) is 6.46. The van der Waals surface area contributed by atoms with E-state index in [-0.39, 0.29) is 11.9 Å². The molecule has 0 aromatic heterocycles. The normalized spacial score (nSPS) is 19.2. The molecule has 4 heteroatoms. The van der Waals surface area contributed by atoms with Gasteiger partial charge in [-0.3, -0.25) is 0 Å². The SMILES string of the molecule is CCN(CC1CCCO1)c1c(F)cccc1CCl. The van der Waals surface area contributed by atoms with Crippen molar-refractivity contribution in [2.45, 2.75) is 31.7 Å². The third-order valence-corrected chi connectivity index (χ3v) is 3.65. The van der Waals surface area contributed by atoms with E-state index >= 15 is 0 Å². The average molecular weight is 272 g/mol. The van der Waals surface area contributed by atoms with Crippen LogP contribution in [0.15, 0.2) is 18.2 Å². The number of anilines is 1. The van der Waals surface area contributed by atoms with Gasteiger partial charge in [-0.2, -0.15) is 0 Å². The van der Waals surface area contributed by atoms with E-state index in [1.54, 1.807) is 6.07 Å². The van der Waals surface area contributed by atoms with Gasteiger partial charge < -0.3 is 9.64 Å². The van der Waals surface area contributed by atoms with Crippen molar-refractivity contribution in [1.82, 2.24) is 0 Å². The van der Waals surface area contributed by atoms with Crippen molar-refractivity contribution in [3.63, 3.8) is 0 Å². The number of para-hydroxylation sites is 1. The van der Waals surface area contributed by atoms with Gasteiger partial charge >= 0.3 is 0 Å². The van der Waals surface area contributed by atoms with Gasteiger partial charge in [0.25, 0.3) is 0 Å². The fourth-order valence-electron chi connectivity index (χ4n) is 2.43. The highest BCUT2D eigenvalue weighted by molar-refractivity contribution is 6.17. The average Bonchev–Trinajstić information content (AvgIpc) is 2.89. The van der Waals surface area contributed by atoms with Gasteiger partial charge in [-0.1, -0.05) is 12.1 Å². The first kappa shape index (κ1) is 13.6. The Labute approximate surface area is 113 Å². The van der Waals surface area contributed by atoms with Crippen LogP contribution in [0, 0.1) is 5.82 Å². The van der Waals surface area contributed by atoms with Crippen LogP contribution in [0.5, 0.6) is 0 Å². The summed E-state index contributed by atoms with van der Waals surface area (Å²) >= 11 is 5.90. The third-order valence-electron chi connectivity index (χ3n) is 3.36. The topological polar surface area (TPSA) is 12.5 Å². The second-order valence-electron chi connectivity index (χ2n) is 4.55. The van der Waals surface area contributed by atoms with Crippen LogP contribution in [-0.4, -0.2) is 25.8 Å². The van der Waals surface area contributed by atoms with Gasteiger partial charge in [0.2, 0.25) is 0 Å². The number of halogens is 2. The Morgan fingerprint density at radius 3 is 2.94 bits per heavy atom. The first-order chi connectivity index (χ1) is 8.76. The van der Waals surface area contributed by atoms with Gasteiger partial charge in [0.1, 0.15) is 5.82 Å². The lowest BCUT2D eigenvalue weighted by atomic mass is 10.1. The molecule has 18 heavy (non-hydrogen) atoms. The van der Waals surface area contributed by atoms with Crippen molar-refractivity contribution < 1.29 is 9.13 Å². The number of nitrogens with zero attached hydrogens (tertiary/aromatic N) is 1. The molecule has 2 nitrogen and oxygen atoms in total. The summed E-state index contributed by atoms with van der Waals surface area (Å²) in [5, 5.41) is 0. The highest BCUT2D eigenvalue weighted by Crippen LogP contribution is 2.27. The zero-order chi connectivity index (χ0) is 13.0. The maximum absolute atomic E-state index is 14.0. The lowest BCUT2D eigenvalue weighted by molar-refractivity contribution is 0.115. The number of hydrogen-bond acceptors (Lipinski definition) is 2. The molecule has 1 atom stereocenters. The minimum absolute atomic E-state index is 0.201. The van der Waals surface area contributed by atoms with Gasteiger partial charge in [0.15, 0.2) is 0 Å². The Hall–Kier alpha value is -0.800.